The minimum Gasteiger partial charge on any atom is -0.490 e. The third-order valence-electron chi connectivity index (χ3n) is 3.50. The molecule has 0 aliphatic heterocycles. The molecular weight excluding hydrogens is 426 g/mol. The summed E-state index contributed by atoms with van der Waals surface area (Å²) in [5, 5.41) is 2.69. The van der Waals surface area contributed by atoms with Crippen molar-refractivity contribution in [3.63, 3.8) is 0 Å². The van der Waals surface area contributed by atoms with Crippen molar-refractivity contribution in [3.05, 3.63) is 58.6 Å². The van der Waals surface area contributed by atoms with Crippen LogP contribution in [-0.2, 0) is 9.59 Å². The van der Waals surface area contributed by atoms with Crippen LogP contribution in [0.15, 0.2) is 53.0 Å². The predicted octanol–water partition coefficient (Wildman–Crippen LogP) is 3.42. The van der Waals surface area contributed by atoms with E-state index in [0.717, 1.165) is 0 Å². The van der Waals surface area contributed by atoms with Gasteiger partial charge in [0.05, 0.1) is 11.7 Å². The second-order valence-electron chi connectivity index (χ2n) is 6.22. The van der Waals surface area contributed by atoms with Gasteiger partial charge in [0.25, 0.3) is 5.91 Å². The van der Waals surface area contributed by atoms with Gasteiger partial charge in [-0.2, -0.15) is 0 Å². The first-order valence-corrected chi connectivity index (χ1v) is 9.54. The van der Waals surface area contributed by atoms with Gasteiger partial charge >= 0.3 is 0 Å². The molecule has 3 amide bonds. The highest BCUT2D eigenvalue weighted by atomic mass is 79.9. The highest BCUT2D eigenvalue weighted by molar-refractivity contribution is 9.10. The Labute approximate surface area is 171 Å². The van der Waals surface area contributed by atoms with Crippen LogP contribution in [-0.4, -0.2) is 23.8 Å². The van der Waals surface area contributed by atoms with Crippen LogP contribution in [0.1, 0.15) is 37.0 Å². The number of amides is 3. The quantitative estimate of drug-likeness (QED) is 0.566. The number of nitrogens with one attached hydrogen (secondary N) is 3. The number of halogens is 1. The monoisotopic (exact) mass is 447 g/mol. The lowest BCUT2D eigenvalue weighted by Crippen LogP contribution is -2.42. The minimum atomic E-state index is -0.515. The standard InChI is InChI=1S/C20H22BrN3O4/c1-13(2)28-17-9-8-14(21)12-16(17)20(27)24-23-19(26)11-10-18(25)22-15-6-4-3-5-7-15/h3-9,12-13H,10-11H2,1-2H3,(H,22,25)(H,23,26)(H,24,27). The molecule has 0 spiro atoms. The number of carbonyl (C=O) groups is 3. The number of rotatable bonds is 7. The van der Waals surface area contributed by atoms with Crippen LogP contribution < -0.4 is 20.9 Å². The maximum Gasteiger partial charge on any atom is 0.273 e. The van der Waals surface area contributed by atoms with Gasteiger partial charge in [-0.15, -0.1) is 0 Å². The fraction of sp³-hybridized carbons (Fsp3) is 0.250. The van der Waals surface area contributed by atoms with E-state index in [9.17, 15) is 14.4 Å². The molecule has 0 bridgehead atoms. The molecule has 0 aliphatic carbocycles. The number of ether oxygens (including phenoxy) is 1. The number of hydrogen-bond donors (Lipinski definition) is 3. The third-order valence-corrected chi connectivity index (χ3v) is 3.99. The van der Waals surface area contributed by atoms with Crippen molar-refractivity contribution >= 4 is 39.3 Å². The summed E-state index contributed by atoms with van der Waals surface area (Å²) in [5.74, 6) is -0.864. The maximum atomic E-state index is 12.4. The lowest BCUT2D eigenvalue weighted by atomic mass is 10.2. The zero-order chi connectivity index (χ0) is 20.5. The molecular formula is C20H22BrN3O4. The number of benzene rings is 2. The zero-order valence-electron chi connectivity index (χ0n) is 15.6. The highest BCUT2D eigenvalue weighted by Gasteiger charge is 2.15. The summed E-state index contributed by atoms with van der Waals surface area (Å²) < 4.78 is 6.32. The molecule has 0 saturated heterocycles. The van der Waals surface area contributed by atoms with Gasteiger partial charge in [0.15, 0.2) is 0 Å². The lowest BCUT2D eigenvalue weighted by molar-refractivity contribution is -0.124. The molecule has 3 N–H and O–H groups in total. The first-order chi connectivity index (χ1) is 13.3. The largest absolute Gasteiger partial charge is 0.490 e. The lowest BCUT2D eigenvalue weighted by Gasteiger charge is -2.15. The fourth-order valence-corrected chi connectivity index (χ4v) is 2.63. The van der Waals surface area contributed by atoms with E-state index in [1.165, 1.54) is 0 Å². The fourth-order valence-electron chi connectivity index (χ4n) is 2.26. The summed E-state index contributed by atoms with van der Waals surface area (Å²) in [6.45, 7) is 3.71. The number of para-hydroxylation sites is 1. The molecule has 0 fully saturated rings. The van der Waals surface area contributed by atoms with Crippen LogP contribution >= 0.6 is 15.9 Å². The van der Waals surface area contributed by atoms with Crippen molar-refractivity contribution in [2.75, 3.05) is 5.32 Å². The van der Waals surface area contributed by atoms with Crippen molar-refractivity contribution in [1.82, 2.24) is 10.9 Å². The van der Waals surface area contributed by atoms with Crippen LogP contribution in [0, 0.1) is 0 Å². The topological polar surface area (TPSA) is 96.5 Å². The molecule has 0 aromatic heterocycles. The van der Waals surface area contributed by atoms with Crippen LogP contribution in [0.5, 0.6) is 5.75 Å². The molecule has 2 aromatic carbocycles. The van der Waals surface area contributed by atoms with Crippen molar-refractivity contribution in [2.45, 2.75) is 32.8 Å². The van der Waals surface area contributed by atoms with Crippen LogP contribution in [0.3, 0.4) is 0 Å². The molecule has 0 atom stereocenters. The molecule has 0 aliphatic rings. The summed E-state index contributed by atoms with van der Waals surface area (Å²) in [5.41, 5.74) is 5.60. The van der Waals surface area contributed by atoms with E-state index in [4.69, 9.17) is 4.74 Å². The van der Waals surface area contributed by atoms with E-state index in [0.29, 0.717) is 15.9 Å². The second-order valence-corrected chi connectivity index (χ2v) is 7.14. The molecule has 0 heterocycles. The van der Waals surface area contributed by atoms with E-state index in [-0.39, 0.29) is 30.4 Å². The Bertz CT molecular complexity index is 841. The Hall–Kier alpha value is -2.87. The summed E-state index contributed by atoms with van der Waals surface area (Å²) >= 11 is 3.31. The Kier molecular flexibility index (Phi) is 8.01. The van der Waals surface area contributed by atoms with Crippen LogP contribution in [0.4, 0.5) is 5.69 Å². The Morgan fingerprint density at radius 2 is 1.64 bits per heavy atom. The number of carbonyl (C=O) groups excluding carboxylic acids is 3. The summed E-state index contributed by atoms with van der Waals surface area (Å²) in [6, 6.07) is 14.0. The van der Waals surface area contributed by atoms with Gasteiger partial charge < -0.3 is 10.1 Å². The van der Waals surface area contributed by atoms with Crippen molar-refractivity contribution < 1.29 is 19.1 Å². The molecule has 148 valence electrons. The molecule has 7 nitrogen and oxygen atoms in total. The zero-order valence-corrected chi connectivity index (χ0v) is 17.2. The van der Waals surface area contributed by atoms with Gasteiger partial charge in [0.1, 0.15) is 5.75 Å². The smallest absolute Gasteiger partial charge is 0.273 e. The van der Waals surface area contributed by atoms with Crippen molar-refractivity contribution in [1.29, 1.82) is 0 Å². The summed E-state index contributed by atoms with van der Waals surface area (Å²) in [4.78, 5) is 36.2. The van der Waals surface area contributed by atoms with Crippen molar-refractivity contribution in [2.24, 2.45) is 0 Å². The van der Waals surface area contributed by atoms with Gasteiger partial charge in [0, 0.05) is 23.0 Å². The highest BCUT2D eigenvalue weighted by Crippen LogP contribution is 2.24. The first kappa shape index (κ1) is 21.4. The molecule has 2 rings (SSSR count). The molecule has 0 unspecified atom stereocenters. The van der Waals surface area contributed by atoms with E-state index >= 15 is 0 Å². The van der Waals surface area contributed by atoms with Gasteiger partial charge in [-0.1, -0.05) is 34.1 Å². The Morgan fingerprint density at radius 1 is 0.964 bits per heavy atom. The first-order valence-electron chi connectivity index (χ1n) is 8.75. The maximum absolute atomic E-state index is 12.4. The number of hydrogen-bond acceptors (Lipinski definition) is 4. The normalized spacial score (nSPS) is 10.3. The average Bonchev–Trinajstić information content (AvgIpc) is 2.66. The van der Waals surface area contributed by atoms with Gasteiger partial charge in [-0.25, -0.2) is 0 Å². The van der Waals surface area contributed by atoms with Crippen LogP contribution in [0.2, 0.25) is 0 Å². The molecule has 0 radical (unpaired) electrons. The van der Waals surface area contributed by atoms with Gasteiger partial charge in [-0.05, 0) is 44.2 Å². The Morgan fingerprint density at radius 3 is 2.32 bits per heavy atom. The molecule has 0 saturated carbocycles. The van der Waals surface area contributed by atoms with Gasteiger partial charge in [0.2, 0.25) is 11.8 Å². The molecule has 2 aromatic rings. The third kappa shape index (κ3) is 7.03. The summed E-state index contributed by atoms with van der Waals surface area (Å²) in [7, 11) is 0. The number of anilines is 1. The SMILES string of the molecule is CC(C)Oc1ccc(Br)cc1C(=O)NNC(=O)CCC(=O)Nc1ccccc1. The van der Waals surface area contributed by atoms with Crippen molar-refractivity contribution in [3.8, 4) is 5.75 Å². The minimum absolute atomic E-state index is 0.00477. The van der Waals surface area contributed by atoms with E-state index < -0.39 is 11.8 Å². The second kappa shape index (κ2) is 10.5. The molecule has 28 heavy (non-hydrogen) atoms. The molecule has 8 heteroatoms. The number of hydrazine groups is 1. The predicted molar refractivity (Wildman–Crippen MR) is 110 cm³/mol. The average molecular weight is 448 g/mol. The van der Waals surface area contributed by atoms with Crippen LogP contribution in [0.25, 0.3) is 0 Å². The van der Waals surface area contributed by atoms with E-state index in [2.05, 4.69) is 32.1 Å². The van der Waals surface area contributed by atoms with Gasteiger partial charge in [-0.3, -0.25) is 25.2 Å². The van der Waals surface area contributed by atoms with E-state index in [1.54, 1.807) is 42.5 Å². The van der Waals surface area contributed by atoms with E-state index in [1.807, 2.05) is 19.9 Å². The Balaban J connectivity index is 1.83. The summed E-state index contributed by atoms with van der Waals surface area (Å²) in [6.07, 6.45) is -0.174.